The summed E-state index contributed by atoms with van der Waals surface area (Å²) in [6.45, 7) is 10.4. The number of likely N-dealkylation sites (N-methyl/N-ethyl adjacent to an activating group) is 1. The molecule has 9 heteroatoms. The number of amides is 2. The van der Waals surface area contributed by atoms with Gasteiger partial charge in [0.25, 0.3) is 5.91 Å². The van der Waals surface area contributed by atoms with Gasteiger partial charge in [0.1, 0.15) is 5.69 Å². The first kappa shape index (κ1) is 31.9. The van der Waals surface area contributed by atoms with E-state index in [2.05, 4.69) is 65.0 Å². The molecule has 2 aliphatic heterocycles. The maximum absolute atomic E-state index is 13.8. The molecule has 2 aromatic carbocycles. The van der Waals surface area contributed by atoms with Gasteiger partial charge in [-0.3, -0.25) is 19.4 Å². The third-order valence-corrected chi connectivity index (χ3v) is 8.46. The second kappa shape index (κ2) is 13.9. The Labute approximate surface area is 250 Å². The first-order valence-corrected chi connectivity index (χ1v) is 13.9. The van der Waals surface area contributed by atoms with E-state index < -0.39 is 0 Å². The number of para-hydroxylation sites is 1. The van der Waals surface area contributed by atoms with E-state index >= 15 is 0 Å². The molecule has 40 heavy (non-hydrogen) atoms. The first-order chi connectivity index (χ1) is 18.3. The van der Waals surface area contributed by atoms with Crippen molar-refractivity contribution in [1.29, 1.82) is 0 Å². The number of benzene rings is 2. The molecule has 3 heterocycles. The van der Waals surface area contributed by atoms with E-state index in [0.717, 1.165) is 54.6 Å². The van der Waals surface area contributed by atoms with Gasteiger partial charge < -0.3 is 14.8 Å². The van der Waals surface area contributed by atoms with Crippen molar-refractivity contribution in [2.75, 3.05) is 59.9 Å². The number of piperidine rings is 1. The lowest BCUT2D eigenvalue weighted by atomic mass is 9.84. The molecule has 2 saturated heterocycles. The molecule has 2 aliphatic rings. The fourth-order valence-electron chi connectivity index (χ4n) is 6.22. The molecule has 2 fully saturated rings. The zero-order valence-electron chi connectivity index (χ0n) is 24.1. The Bertz CT molecular complexity index is 1290. The number of nitrogens with zero attached hydrogens (tertiary/aromatic N) is 4. The highest BCUT2D eigenvalue weighted by molar-refractivity contribution is 6.01. The molecule has 5 rings (SSSR count). The minimum Gasteiger partial charge on any atom is -0.350 e. The summed E-state index contributed by atoms with van der Waals surface area (Å²) < 4.78 is 0. The van der Waals surface area contributed by atoms with Gasteiger partial charge in [0.05, 0.1) is 6.54 Å². The number of aromatic nitrogens is 1. The molecule has 0 spiro atoms. The highest BCUT2D eigenvalue weighted by Gasteiger charge is 2.29. The van der Waals surface area contributed by atoms with Gasteiger partial charge in [-0.2, -0.15) is 0 Å². The van der Waals surface area contributed by atoms with Gasteiger partial charge in [-0.15, -0.1) is 24.8 Å². The molecule has 0 atom stereocenters. The predicted molar refractivity (Wildman–Crippen MR) is 167 cm³/mol. The average Bonchev–Trinajstić information content (AvgIpc) is 3.27. The number of aromatic amines is 1. The molecule has 7 nitrogen and oxygen atoms in total. The second-order valence-electron chi connectivity index (χ2n) is 11.2. The SMILES string of the molecule is Cc1cccc(C)c1C1CCN(Cc2c(C(=O)N3CCN(CC(=O)N(C)C)CC3)[nH]c3ccccc23)CC1.Cl.Cl. The van der Waals surface area contributed by atoms with Crippen LogP contribution in [0.2, 0.25) is 0 Å². The third-order valence-electron chi connectivity index (χ3n) is 8.46. The molecular weight excluding hydrogens is 545 g/mol. The minimum atomic E-state index is 0. The second-order valence-corrected chi connectivity index (χ2v) is 11.2. The number of rotatable bonds is 6. The third kappa shape index (κ3) is 6.82. The van der Waals surface area contributed by atoms with E-state index in [-0.39, 0.29) is 36.6 Å². The first-order valence-electron chi connectivity index (χ1n) is 13.9. The van der Waals surface area contributed by atoms with Crippen LogP contribution in [0.15, 0.2) is 42.5 Å². The van der Waals surface area contributed by atoms with Crippen molar-refractivity contribution in [2.45, 2.75) is 39.2 Å². The van der Waals surface area contributed by atoms with Crippen molar-refractivity contribution in [3.8, 4) is 0 Å². The molecule has 1 aromatic heterocycles. The average molecular weight is 589 g/mol. The zero-order chi connectivity index (χ0) is 26.8. The Morgan fingerprint density at radius 2 is 1.48 bits per heavy atom. The fourth-order valence-corrected chi connectivity index (χ4v) is 6.22. The van der Waals surface area contributed by atoms with E-state index in [4.69, 9.17) is 0 Å². The van der Waals surface area contributed by atoms with Gasteiger partial charge in [0, 0.05) is 63.3 Å². The van der Waals surface area contributed by atoms with Crippen LogP contribution in [0.1, 0.15) is 51.5 Å². The zero-order valence-corrected chi connectivity index (χ0v) is 25.7. The number of hydrogen-bond acceptors (Lipinski definition) is 4. The lowest BCUT2D eigenvalue weighted by Crippen LogP contribution is -2.51. The number of aryl methyl sites for hydroxylation is 2. The van der Waals surface area contributed by atoms with E-state index in [1.807, 2.05) is 11.0 Å². The number of carbonyl (C=O) groups is 2. The van der Waals surface area contributed by atoms with Gasteiger partial charge in [-0.1, -0.05) is 36.4 Å². The van der Waals surface area contributed by atoms with E-state index in [0.29, 0.717) is 38.6 Å². The highest BCUT2D eigenvalue weighted by atomic mass is 35.5. The Morgan fingerprint density at radius 1 is 0.850 bits per heavy atom. The summed E-state index contributed by atoms with van der Waals surface area (Å²) in [5.41, 5.74) is 7.19. The molecule has 0 saturated carbocycles. The molecule has 0 radical (unpaired) electrons. The van der Waals surface area contributed by atoms with E-state index in [1.165, 1.54) is 16.7 Å². The van der Waals surface area contributed by atoms with Gasteiger partial charge in [-0.05, 0) is 68.5 Å². The molecule has 0 bridgehead atoms. The van der Waals surface area contributed by atoms with E-state index in [1.54, 1.807) is 19.0 Å². The van der Waals surface area contributed by atoms with Crippen molar-refractivity contribution < 1.29 is 9.59 Å². The Morgan fingerprint density at radius 3 is 2.10 bits per heavy atom. The van der Waals surface area contributed by atoms with Gasteiger partial charge >= 0.3 is 0 Å². The number of hydrogen-bond donors (Lipinski definition) is 1. The summed E-state index contributed by atoms with van der Waals surface area (Å²) in [6, 6.07) is 14.9. The van der Waals surface area contributed by atoms with Crippen LogP contribution in [0.3, 0.4) is 0 Å². The standard InChI is InChI=1S/C31H41N5O2.2ClH/c1-22-8-7-9-23(2)29(22)24-12-14-34(15-13-24)20-26-25-10-5-6-11-27(25)32-30(26)31(38)36-18-16-35(17-19-36)21-28(37)33(3)4;;/h5-11,24,32H,12-21H2,1-4H3;2*1H. The predicted octanol–water partition coefficient (Wildman–Crippen LogP) is 4.85. The van der Waals surface area contributed by atoms with Gasteiger partial charge in [0.15, 0.2) is 0 Å². The summed E-state index contributed by atoms with van der Waals surface area (Å²) in [5, 5.41) is 1.14. The molecule has 2 amide bonds. The lowest BCUT2D eigenvalue weighted by Gasteiger charge is -2.35. The number of likely N-dealkylation sites (tertiary alicyclic amines) is 1. The summed E-state index contributed by atoms with van der Waals surface area (Å²) in [7, 11) is 3.57. The van der Waals surface area contributed by atoms with Crippen LogP contribution >= 0.6 is 24.8 Å². The van der Waals surface area contributed by atoms with Crippen molar-refractivity contribution in [2.24, 2.45) is 0 Å². The molecular formula is C31H43Cl2N5O2. The normalized spacial score (nSPS) is 16.9. The monoisotopic (exact) mass is 587 g/mol. The molecule has 0 aliphatic carbocycles. The van der Waals surface area contributed by atoms with Crippen LogP contribution < -0.4 is 0 Å². The number of H-pyrrole nitrogens is 1. The van der Waals surface area contributed by atoms with Gasteiger partial charge in [-0.25, -0.2) is 0 Å². The van der Waals surface area contributed by atoms with Crippen LogP contribution in [0.25, 0.3) is 10.9 Å². The quantitative estimate of drug-likeness (QED) is 0.447. The number of halogens is 2. The number of carbonyl (C=O) groups excluding carboxylic acids is 2. The molecule has 1 N–H and O–H groups in total. The van der Waals surface area contributed by atoms with Crippen molar-refractivity contribution in [1.82, 2.24) is 24.6 Å². The topological polar surface area (TPSA) is 62.9 Å². The summed E-state index contributed by atoms with van der Waals surface area (Å²) in [5.74, 6) is 0.774. The Hall–Kier alpha value is -2.58. The minimum absolute atomic E-state index is 0. The largest absolute Gasteiger partial charge is 0.350 e. The Kier molecular flexibility index (Phi) is 11.1. The summed E-state index contributed by atoms with van der Waals surface area (Å²) in [4.78, 5) is 37.6. The van der Waals surface area contributed by atoms with Gasteiger partial charge in [0.2, 0.25) is 5.91 Å². The Balaban J connectivity index is 0.00000220. The molecule has 0 unspecified atom stereocenters. The summed E-state index contributed by atoms with van der Waals surface area (Å²) in [6.07, 6.45) is 2.29. The smallest absolute Gasteiger partial charge is 0.270 e. The van der Waals surface area contributed by atoms with Crippen LogP contribution in [0, 0.1) is 13.8 Å². The molecule has 3 aromatic rings. The van der Waals surface area contributed by atoms with Crippen LogP contribution in [0.5, 0.6) is 0 Å². The van der Waals surface area contributed by atoms with Crippen molar-refractivity contribution >= 4 is 47.5 Å². The number of fused-ring (bicyclic) bond motifs is 1. The van der Waals surface area contributed by atoms with Crippen molar-refractivity contribution in [3.05, 3.63) is 70.4 Å². The highest BCUT2D eigenvalue weighted by Crippen LogP contribution is 2.34. The van der Waals surface area contributed by atoms with Crippen molar-refractivity contribution in [3.63, 3.8) is 0 Å². The van der Waals surface area contributed by atoms with Crippen LogP contribution in [0.4, 0.5) is 0 Å². The summed E-state index contributed by atoms with van der Waals surface area (Å²) >= 11 is 0. The number of piperazine rings is 1. The van der Waals surface area contributed by atoms with E-state index in [9.17, 15) is 9.59 Å². The maximum atomic E-state index is 13.8. The maximum Gasteiger partial charge on any atom is 0.270 e. The van der Waals surface area contributed by atoms with Crippen LogP contribution in [-0.2, 0) is 11.3 Å². The molecule has 218 valence electrons. The van der Waals surface area contributed by atoms with Crippen LogP contribution in [-0.4, -0.2) is 96.3 Å². The number of nitrogens with one attached hydrogen (secondary N) is 1. The lowest BCUT2D eigenvalue weighted by molar-refractivity contribution is -0.130. The fraction of sp³-hybridized carbons (Fsp3) is 0.484.